The molecule has 118 valence electrons. The van der Waals surface area contributed by atoms with E-state index < -0.39 is 0 Å². The molecule has 1 aliphatic rings. The van der Waals surface area contributed by atoms with Gasteiger partial charge in [0.15, 0.2) is 0 Å². The van der Waals surface area contributed by atoms with Gasteiger partial charge in [-0.2, -0.15) is 0 Å². The molecule has 0 radical (unpaired) electrons. The minimum atomic E-state index is -0.104. The molecule has 1 amide bonds. The number of nitrogens with one attached hydrogen (secondary N) is 1. The average Bonchev–Trinajstić information content (AvgIpc) is 3.10. The molecule has 3 heteroatoms. The molecular formula is C21H17NO2. The Bertz CT molecular complexity index is 887. The summed E-state index contributed by atoms with van der Waals surface area (Å²) < 4.78 is 5.50. The Morgan fingerprint density at radius 2 is 1.71 bits per heavy atom. The van der Waals surface area contributed by atoms with Crippen molar-refractivity contribution in [1.29, 1.82) is 0 Å². The highest BCUT2D eigenvalue weighted by atomic mass is 16.5. The normalized spacial score (nSPS) is 12.3. The van der Waals surface area contributed by atoms with Gasteiger partial charge in [-0.3, -0.25) is 4.79 Å². The van der Waals surface area contributed by atoms with Crippen molar-refractivity contribution < 1.29 is 9.53 Å². The molecule has 0 atom stereocenters. The fraction of sp³-hybridized carbons (Fsp3) is 0.0952. The molecule has 0 aliphatic carbocycles. The van der Waals surface area contributed by atoms with Crippen LogP contribution in [0.5, 0.6) is 5.75 Å². The van der Waals surface area contributed by atoms with Gasteiger partial charge in [0.2, 0.25) is 0 Å². The first-order valence-corrected chi connectivity index (χ1v) is 8.03. The number of carbonyl (C=O) groups excluding carboxylic acids is 1. The quantitative estimate of drug-likeness (QED) is 0.770. The van der Waals surface area contributed by atoms with E-state index in [0.29, 0.717) is 12.2 Å². The summed E-state index contributed by atoms with van der Waals surface area (Å²) in [5.41, 5.74) is 4.65. The van der Waals surface area contributed by atoms with E-state index in [1.54, 1.807) is 0 Å². The van der Waals surface area contributed by atoms with Crippen molar-refractivity contribution in [1.82, 2.24) is 0 Å². The van der Waals surface area contributed by atoms with Crippen molar-refractivity contribution >= 4 is 11.6 Å². The first-order chi connectivity index (χ1) is 11.8. The predicted octanol–water partition coefficient (Wildman–Crippen LogP) is 4.54. The topological polar surface area (TPSA) is 38.3 Å². The summed E-state index contributed by atoms with van der Waals surface area (Å²) in [4.78, 5) is 12.6. The van der Waals surface area contributed by atoms with Crippen molar-refractivity contribution in [3.63, 3.8) is 0 Å². The van der Waals surface area contributed by atoms with Crippen LogP contribution in [0, 0.1) is 0 Å². The highest BCUT2D eigenvalue weighted by Gasteiger charge is 2.16. The fourth-order valence-electron chi connectivity index (χ4n) is 2.98. The molecule has 4 rings (SSSR count). The number of carbonyl (C=O) groups is 1. The molecule has 1 N–H and O–H groups in total. The SMILES string of the molecule is O=C(Nc1ccccc1-c1ccccc1)c1ccc2c(c1)CCO2. The standard InChI is InChI=1S/C21H17NO2/c23-21(17-10-11-20-16(14-17)12-13-24-20)22-19-9-5-4-8-18(19)15-6-2-1-3-7-15/h1-11,14H,12-13H2,(H,22,23). The van der Waals surface area contributed by atoms with Crippen LogP contribution in [0.1, 0.15) is 15.9 Å². The second-order valence-corrected chi connectivity index (χ2v) is 5.79. The number of hydrogen-bond acceptors (Lipinski definition) is 2. The lowest BCUT2D eigenvalue weighted by Gasteiger charge is -2.12. The molecular weight excluding hydrogens is 298 g/mol. The molecule has 3 aromatic rings. The molecule has 1 aliphatic heterocycles. The van der Waals surface area contributed by atoms with Gasteiger partial charge in [-0.05, 0) is 35.4 Å². The molecule has 0 saturated carbocycles. The number of ether oxygens (including phenoxy) is 1. The maximum Gasteiger partial charge on any atom is 0.255 e. The molecule has 24 heavy (non-hydrogen) atoms. The van der Waals surface area contributed by atoms with E-state index in [4.69, 9.17) is 4.74 Å². The first-order valence-electron chi connectivity index (χ1n) is 8.03. The van der Waals surface area contributed by atoms with Gasteiger partial charge in [0.05, 0.1) is 6.61 Å². The Labute approximate surface area is 140 Å². The van der Waals surface area contributed by atoms with Crippen molar-refractivity contribution in [2.24, 2.45) is 0 Å². The van der Waals surface area contributed by atoms with Crippen molar-refractivity contribution in [3.8, 4) is 16.9 Å². The van der Waals surface area contributed by atoms with Gasteiger partial charge >= 0.3 is 0 Å². The minimum absolute atomic E-state index is 0.104. The summed E-state index contributed by atoms with van der Waals surface area (Å²) in [5.74, 6) is 0.782. The molecule has 0 aromatic heterocycles. The summed E-state index contributed by atoms with van der Waals surface area (Å²) in [5, 5.41) is 3.04. The summed E-state index contributed by atoms with van der Waals surface area (Å²) >= 11 is 0. The Kier molecular flexibility index (Phi) is 3.75. The zero-order valence-electron chi connectivity index (χ0n) is 13.2. The van der Waals surface area contributed by atoms with E-state index in [9.17, 15) is 4.79 Å². The van der Waals surface area contributed by atoms with E-state index in [0.717, 1.165) is 34.5 Å². The third-order valence-electron chi connectivity index (χ3n) is 4.21. The van der Waals surface area contributed by atoms with Crippen molar-refractivity contribution in [2.75, 3.05) is 11.9 Å². The lowest BCUT2D eigenvalue weighted by Crippen LogP contribution is -2.12. The van der Waals surface area contributed by atoms with E-state index in [2.05, 4.69) is 5.32 Å². The van der Waals surface area contributed by atoms with Crippen molar-refractivity contribution in [2.45, 2.75) is 6.42 Å². The lowest BCUT2D eigenvalue weighted by molar-refractivity contribution is 0.102. The second-order valence-electron chi connectivity index (χ2n) is 5.79. The first kappa shape index (κ1) is 14.5. The Balaban J connectivity index is 1.63. The van der Waals surface area contributed by atoms with Crippen LogP contribution in [0.3, 0.4) is 0 Å². The molecule has 0 spiro atoms. The zero-order chi connectivity index (χ0) is 16.4. The van der Waals surface area contributed by atoms with Crippen LogP contribution < -0.4 is 10.1 Å². The molecule has 0 unspecified atom stereocenters. The summed E-state index contributed by atoms with van der Waals surface area (Å²) in [6, 6.07) is 23.5. The van der Waals surface area contributed by atoms with Crippen LogP contribution >= 0.6 is 0 Å². The van der Waals surface area contributed by atoms with Crippen LogP contribution in [0.2, 0.25) is 0 Å². The van der Waals surface area contributed by atoms with Gasteiger partial charge in [0.25, 0.3) is 5.91 Å². The number of para-hydroxylation sites is 1. The molecule has 1 heterocycles. The van der Waals surface area contributed by atoms with Gasteiger partial charge in [-0.25, -0.2) is 0 Å². The number of rotatable bonds is 3. The minimum Gasteiger partial charge on any atom is -0.493 e. The maximum absolute atomic E-state index is 12.6. The third kappa shape index (κ3) is 2.76. The van der Waals surface area contributed by atoms with Gasteiger partial charge in [-0.15, -0.1) is 0 Å². The van der Waals surface area contributed by atoms with E-state index in [-0.39, 0.29) is 5.91 Å². The Hall–Kier alpha value is -3.07. The van der Waals surface area contributed by atoms with Gasteiger partial charge in [0, 0.05) is 23.2 Å². The zero-order valence-corrected chi connectivity index (χ0v) is 13.2. The van der Waals surface area contributed by atoms with Crippen molar-refractivity contribution in [3.05, 3.63) is 83.9 Å². The summed E-state index contributed by atoms with van der Waals surface area (Å²) in [7, 11) is 0. The molecule has 3 aromatic carbocycles. The number of amides is 1. The summed E-state index contributed by atoms with van der Waals surface area (Å²) in [6.07, 6.45) is 0.858. The summed E-state index contributed by atoms with van der Waals surface area (Å²) in [6.45, 7) is 0.692. The van der Waals surface area contributed by atoms with Gasteiger partial charge < -0.3 is 10.1 Å². The number of anilines is 1. The number of hydrogen-bond donors (Lipinski definition) is 1. The van der Waals surface area contributed by atoms with Crippen LogP contribution in [0.15, 0.2) is 72.8 Å². The average molecular weight is 315 g/mol. The van der Waals surface area contributed by atoms with Crippen LogP contribution in [0.4, 0.5) is 5.69 Å². The lowest BCUT2D eigenvalue weighted by atomic mass is 10.0. The number of fused-ring (bicyclic) bond motifs is 1. The van der Waals surface area contributed by atoms with Crippen LogP contribution in [-0.4, -0.2) is 12.5 Å². The molecule has 0 bridgehead atoms. The van der Waals surface area contributed by atoms with Crippen LogP contribution in [0.25, 0.3) is 11.1 Å². The number of benzene rings is 3. The van der Waals surface area contributed by atoms with Gasteiger partial charge in [0.1, 0.15) is 5.75 Å². The molecule has 3 nitrogen and oxygen atoms in total. The highest BCUT2D eigenvalue weighted by Crippen LogP contribution is 2.29. The highest BCUT2D eigenvalue weighted by molar-refractivity contribution is 6.06. The largest absolute Gasteiger partial charge is 0.493 e. The monoisotopic (exact) mass is 315 g/mol. The smallest absolute Gasteiger partial charge is 0.255 e. The van der Waals surface area contributed by atoms with E-state index in [1.807, 2.05) is 72.8 Å². The van der Waals surface area contributed by atoms with E-state index >= 15 is 0 Å². The Morgan fingerprint density at radius 3 is 2.58 bits per heavy atom. The maximum atomic E-state index is 12.6. The third-order valence-corrected chi connectivity index (χ3v) is 4.21. The Morgan fingerprint density at radius 1 is 0.917 bits per heavy atom. The van der Waals surface area contributed by atoms with Gasteiger partial charge in [-0.1, -0.05) is 48.5 Å². The van der Waals surface area contributed by atoms with Crippen LogP contribution in [-0.2, 0) is 6.42 Å². The van der Waals surface area contributed by atoms with E-state index in [1.165, 1.54) is 0 Å². The second kappa shape index (κ2) is 6.20. The molecule has 0 saturated heterocycles. The predicted molar refractivity (Wildman–Crippen MR) is 95.5 cm³/mol. The molecule has 0 fully saturated rings. The fourth-order valence-corrected chi connectivity index (χ4v) is 2.98.